The van der Waals surface area contributed by atoms with E-state index in [2.05, 4.69) is 15.6 Å². The van der Waals surface area contributed by atoms with Crippen molar-refractivity contribution in [3.8, 4) is 0 Å². The Morgan fingerprint density at radius 1 is 1.11 bits per heavy atom. The second kappa shape index (κ2) is 7.94. The van der Waals surface area contributed by atoms with Crippen molar-refractivity contribution >= 4 is 28.3 Å². The lowest BCUT2D eigenvalue weighted by Crippen LogP contribution is -2.28. The van der Waals surface area contributed by atoms with Gasteiger partial charge in [-0.1, -0.05) is 48.0 Å². The summed E-state index contributed by atoms with van der Waals surface area (Å²) in [4.78, 5) is 30.6. The molecule has 0 radical (unpaired) electrons. The van der Waals surface area contributed by atoms with Gasteiger partial charge in [-0.25, -0.2) is 4.98 Å². The minimum atomic E-state index is -0.251. The zero-order valence-corrected chi connectivity index (χ0v) is 16.4. The Kier molecular flexibility index (Phi) is 5.21. The first-order valence-electron chi connectivity index (χ1n) is 9.29. The van der Waals surface area contributed by atoms with E-state index in [4.69, 9.17) is 0 Å². The van der Waals surface area contributed by atoms with Gasteiger partial charge in [0.2, 0.25) is 5.91 Å². The molecular formula is C22H21N3O2S. The summed E-state index contributed by atoms with van der Waals surface area (Å²) in [5.74, 6) is -0.446. The van der Waals surface area contributed by atoms with Crippen molar-refractivity contribution in [3.63, 3.8) is 0 Å². The van der Waals surface area contributed by atoms with Crippen LogP contribution < -0.4 is 10.6 Å². The number of anilines is 1. The van der Waals surface area contributed by atoms with Gasteiger partial charge in [-0.2, -0.15) is 0 Å². The fraction of sp³-hybridized carbons (Fsp3) is 0.227. The van der Waals surface area contributed by atoms with E-state index in [1.54, 1.807) is 12.1 Å². The van der Waals surface area contributed by atoms with Crippen LogP contribution in [0.3, 0.4) is 0 Å². The molecule has 2 N–H and O–H groups in total. The second-order valence-corrected chi connectivity index (χ2v) is 8.03. The van der Waals surface area contributed by atoms with Crippen LogP contribution in [0.15, 0.2) is 54.6 Å². The molecule has 0 spiro atoms. The lowest BCUT2D eigenvalue weighted by molar-refractivity contribution is -0.122. The zero-order valence-electron chi connectivity index (χ0n) is 15.6. The Labute approximate surface area is 167 Å². The SMILES string of the molecule is Cc1ccc(CNC(=O)C2CCc3sc(NC(=O)c4ccccc4)nc32)cc1. The first kappa shape index (κ1) is 18.4. The molecule has 0 aliphatic heterocycles. The molecule has 0 bridgehead atoms. The number of hydrogen-bond acceptors (Lipinski definition) is 4. The normalized spacial score (nSPS) is 15.1. The lowest BCUT2D eigenvalue weighted by atomic mass is 10.1. The number of carbonyl (C=O) groups is 2. The Morgan fingerprint density at radius 3 is 2.61 bits per heavy atom. The molecule has 1 heterocycles. The van der Waals surface area contributed by atoms with Crippen LogP contribution in [0, 0.1) is 6.92 Å². The second-order valence-electron chi connectivity index (χ2n) is 6.94. The van der Waals surface area contributed by atoms with Gasteiger partial charge in [0.05, 0.1) is 11.6 Å². The highest BCUT2D eigenvalue weighted by Crippen LogP contribution is 2.38. The quantitative estimate of drug-likeness (QED) is 0.689. The maximum absolute atomic E-state index is 12.7. The Morgan fingerprint density at radius 2 is 1.86 bits per heavy atom. The summed E-state index contributed by atoms with van der Waals surface area (Å²) in [7, 11) is 0. The Balaban J connectivity index is 1.40. The van der Waals surface area contributed by atoms with Gasteiger partial charge in [0, 0.05) is 17.0 Å². The fourth-order valence-electron chi connectivity index (χ4n) is 3.31. The number of aryl methyl sites for hydroxylation is 2. The zero-order chi connectivity index (χ0) is 19.5. The monoisotopic (exact) mass is 391 g/mol. The van der Waals surface area contributed by atoms with Crippen LogP contribution in [-0.4, -0.2) is 16.8 Å². The lowest BCUT2D eigenvalue weighted by Gasteiger charge is -2.11. The molecule has 0 fully saturated rings. The number of benzene rings is 2. The van der Waals surface area contributed by atoms with Gasteiger partial charge in [0.15, 0.2) is 5.13 Å². The summed E-state index contributed by atoms with van der Waals surface area (Å²) in [6, 6.07) is 17.2. The molecule has 2 aromatic carbocycles. The van der Waals surface area contributed by atoms with E-state index in [9.17, 15) is 9.59 Å². The van der Waals surface area contributed by atoms with Gasteiger partial charge < -0.3 is 5.32 Å². The molecule has 4 rings (SSSR count). The van der Waals surface area contributed by atoms with Crippen molar-refractivity contribution in [2.75, 3.05) is 5.32 Å². The number of hydrogen-bond donors (Lipinski definition) is 2. The summed E-state index contributed by atoms with van der Waals surface area (Å²) in [5, 5.41) is 6.41. The van der Waals surface area contributed by atoms with Crippen LogP contribution in [0.4, 0.5) is 5.13 Å². The number of nitrogens with one attached hydrogen (secondary N) is 2. The predicted molar refractivity (Wildman–Crippen MR) is 111 cm³/mol. The minimum absolute atomic E-state index is 0.00874. The fourth-order valence-corrected chi connectivity index (χ4v) is 4.35. The van der Waals surface area contributed by atoms with E-state index in [1.807, 2.05) is 49.4 Å². The van der Waals surface area contributed by atoms with E-state index in [0.717, 1.165) is 29.0 Å². The van der Waals surface area contributed by atoms with Crippen molar-refractivity contribution in [2.45, 2.75) is 32.2 Å². The summed E-state index contributed by atoms with van der Waals surface area (Å²) in [6.45, 7) is 2.55. The van der Waals surface area contributed by atoms with Gasteiger partial charge >= 0.3 is 0 Å². The minimum Gasteiger partial charge on any atom is -0.351 e. The molecule has 2 amide bonds. The standard InChI is InChI=1S/C22H21N3O2S/c1-14-7-9-15(10-8-14)13-23-21(27)17-11-12-18-19(17)24-22(28-18)25-20(26)16-5-3-2-4-6-16/h2-10,17H,11-13H2,1H3,(H,23,27)(H,24,25,26). The molecular weight excluding hydrogens is 370 g/mol. The molecule has 1 aliphatic carbocycles. The van der Waals surface area contributed by atoms with Crippen molar-refractivity contribution in [3.05, 3.63) is 81.9 Å². The number of fused-ring (bicyclic) bond motifs is 1. The number of nitrogens with zero attached hydrogens (tertiary/aromatic N) is 1. The van der Waals surface area contributed by atoms with Crippen molar-refractivity contribution in [1.29, 1.82) is 0 Å². The van der Waals surface area contributed by atoms with Crippen LogP contribution in [0.2, 0.25) is 0 Å². The Hall–Kier alpha value is -2.99. The third-order valence-corrected chi connectivity index (χ3v) is 5.92. The summed E-state index contributed by atoms with van der Waals surface area (Å²) < 4.78 is 0. The first-order chi connectivity index (χ1) is 13.6. The summed E-state index contributed by atoms with van der Waals surface area (Å²) in [6.07, 6.45) is 1.58. The molecule has 142 valence electrons. The average molecular weight is 391 g/mol. The largest absolute Gasteiger partial charge is 0.351 e. The van der Waals surface area contributed by atoms with Crippen LogP contribution in [0.25, 0.3) is 0 Å². The smallest absolute Gasteiger partial charge is 0.257 e. The van der Waals surface area contributed by atoms with Crippen molar-refractivity contribution < 1.29 is 9.59 Å². The van der Waals surface area contributed by atoms with Crippen molar-refractivity contribution in [1.82, 2.24) is 10.3 Å². The highest BCUT2D eigenvalue weighted by molar-refractivity contribution is 7.16. The summed E-state index contributed by atoms with van der Waals surface area (Å²) >= 11 is 1.46. The topological polar surface area (TPSA) is 71.1 Å². The maximum Gasteiger partial charge on any atom is 0.257 e. The van der Waals surface area contributed by atoms with Gasteiger partial charge in [-0.05, 0) is 37.5 Å². The van der Waals surface area contributed by atoms with Crippen LogP contribution in [0.5, 0.6) is 0 Å². The first-order valence-corrected chi connectivity index (χ1v) is 10.1. The van der Waals surface area contributed by atoms with E-state index < -0.39 is 0 Å². The van der Waals surface area contributed by atoms with Gasteiger partial charge in [-0.15, -0.1) is 11.3 Å². The molecule has 0 saturated heterocycles. The summed E-state index contributed by atoms with van der Waals surface area (Å²) in [5.41, 5.74) is 3.66. The molecule has 1 aliphatic rings. The molecule has 3 aromatic rings. The molecule has 5 nitrogen and oxygen atoms in total. The van der Waals surface area contributed by atoms with Crippen LogP contribution in [-0.2, 0) is 17.8 Å². The highest BCUT2D eigenvalue weighted by Gasteiger charge is 2.32. The van der Waals surface area contributed by atoms with Crippen molar-refractivity contribution in [2.24, 2.45) is 0 Å². The molecule has 0 saturated carbocycles. The molecule has 1 aromatic heterocycles. The van der Waals surface area contributed by atoms with Gasteiger partial charge in [0.1, 0.15) is 0 Å². The molecule has 6 heteroatoms. The predicted octanol–water partition coefficient (Wildman–Crippen LogP) is 4.05. The molecule has 1 unspecified atom stereocenters. The maximum atomic E-state index is 12.7. The third kappa shape index (κ3) is 3.97. The number of carbonyl (C=O) groups excluding carboxylic acids is 2. The Bertz CT molecular complexity index is 996. The number of amides is 2. The molecule has 1 atom stereocenters. The average Bonchev–Trinajstić information content (AvgIpc) is 3.28. The number of aromatic nitrogens is 1. The van der Waals surface area contributed by atoms with Crippen LogP contribution in [0.1, 0.15) is 44.4 Å². The van der Waals surface area contributed by atoms with E-state index in [-0.39, 0.29) is 17.7 Å². The van der Waals surface area contributed by atoms with E-state index in [0.29, 0.717) is 17.2 Å². The van der Waals surface area contributed by atoms with Gasteiger partial charge in [0.25, 0.3) is 5.91 Å². The van der Waals surface area contributed by atoms with Gasteiger partial charge in [-0.3, -0.25) is 14.9 Å². The highest BCUT2D eigenvalue weighted by atomic mass is 32.1. The van der Waals surface area contributed by atoms with E-state index in [1.165, 1.54) is 16.9 Å². The molecule has 28 heavy (non-hydrogen) atoms. The van der Waals surface area contributed by atoms with E-state index >= 15 is 0 Å². The number of thiazole rings is 1. The number of rotatable bonds is 5. The third-order valence-electron chi connectivity index (χ3n) is 4.88. The van der Waals surface area contributed by atoms with Crippen LogP contribution >= 0.6 is 11.3 Å².